The van der Waals surface area contributed by atoms with Gasteiger partial charge in [0.15, 0.2) is 0 Å². The van der Waals surface area contributed by atoms with Crippen LogP contribution >= 0.6 is 0 Å². The van der Waals surface area contributed by atoms with E-state index in [1.807, 2.05) is 41.1 Å². The van der Waals surface area contributed by atoms with Gasteiger partial charge in [-0.25, -0.2) is 4.98 Å². The van der Waals surface area contributed by atoms with Gasteiger partial charge in [0, 0.05) is 18.2 Å². The maximum atomic E-state index is 13.9. The lowest BCUT2D eigenvalue weighted by Crippen LogP contribution is -2.24. The molecule has 0 spiro atoms. The highest BCUT2D eigenvalue weighted by Crippen LogP contribution is 2.40. The smallest absolute Gasteiger partial charge is 0.277 e. The molecule has 3 aromatic heterocycles. The number of aryl methyl sites for hydroxylation is 3. The van der Waals surface area contributed by atoms with E-state index in [1.165, 1.54) is 16.7 Å². The largest absolute Gasteiger partial charge is 0.316 e. The minimum atomic E-state index is 0.00492. The van der Waals surface area contributed by atoms with Gasteiger partial charge in [0.1, 0.15) is 11.3 Å². The van der Waals surface area contributed by atoms with Crippen LogP contribution in [0.15, 0.2) is 83.8 Å². The molecule has 40 heavy (non-hydrogen) atoms. The zero-order valence-corrected chi connectivity index (χ0v) is 22.5. The molecular weight excluding hydrogens is 498 g/mol. The predicted octanol–water partition coefficient (Wildman–Crippen LogP) is 5.50. The van der Waals surface area contributed by atoms with E-state index in [2.05, 4.69) is 81.5 Å². The topological polar surface area (TPSA) is 94.3 Å². The molecule has 0 fully saturated rings. The number of benzene rings is 3. The summed E-state index contributed by atoms with van der Waals surface area (Å²) in [5.74, 6) is 1.53. The Kier molecular flexibility index (Phi) is 5.88. The van der Waals surface area contributed by atoms with Crippen molar-refractivity contribution in [1.82, 2.24) is 34.7 Å². The van der Waals surface area contributed by atoms with Gasteiger partial charge in [0.25, 0.3) is 5.56 Å². The number of pyridine rings is 1. The van der Waals surface area contributed by atoms with Gasteiger partial charge < -0.3 is 9.13 Å². The lowest BCUT2D eigenvalue weighted by Gasteiger charge is -2.18. The SMILES string of the molecule is CCc1nc2ccn(Cc3cccc(C)c3)c(=O)c2n1[C@H]1CCc2cc(-c3ccccc3-c3nn[nH]n3)ccc21. The number of aromatic amines is 1. The second-order valence-electron chi connectivity index (χ2n) is 10.5. The van der Waals surface area contributed by atoms with Gasteiger partial charge in [-0.05, 0) is 58.9 Å². The molecule has 6 aromatic rings. The van der Waals surface area contributed by atoms with Gasteiger partial charge in [0.05, 0.1) is 18.1 Å². The lowest BCUT2D eigenvalue weighted by atomic mass is 9.96. The minimum absolute atomic E-state index is 0.00492. The number of fused-ring (bicyclic) bond motifs is 2. The molecule has 0 aliphatic heterocycles. The van der Waals surface area contributed by atoms with Crippen LogP contribution in [0.3, 0.4) is 0 Å². The van der Waals surface area contributed by atoms with Crippen LogP contribution in [0.2, 0.25) is 0 Å². The van der Waals surface area contributed by atoms with Crippen molar-refractivity contribution in [1.29, 1.82) is 0 Å². The molecule has 7 rings (SSSR count). The number of nitrogens with one attached hydrogen (secondary N) is 1. The van der Waals surface area contributed by atoms with Crippen molar-refractivity contribution >= 4 is 11.0 Å². The lowest BCUT2D eigenvalue weighted by molar-refractivity contribution is 0.567. The molecule has 8 heteroatoms. The maximum Gasteiger partial charge on any atom is 0.277 e. The standard InChI is InChI=1S/C32H29N7O/c1-3-29-33-27-15-16-38(19-21-8-6-7-20(2)17-21)32(40)30(27)39(29)28-14-12-23-18-22(11-13-25(23)28)24-9-4-5-10-26(24)31-34-36-37-35-31/h4-11,13,15-18,28H,3,12,14,19H2,1-2H3,(H,34,35,36,37)/t28-/m0/s1. The molecule has 1 aliphatic rings. The first-order chi connectivity index (χ1) is 19.6. The quantitative estimate of drug-likeness (QED) is 0.309. The second kappa shape index (κ2) is 9.72. The van der Waals surface area contributed by atoms with Crippen LogP contribution in [-0.4, -0.2) is 34.7 Å². The molecule has 0 unspecified atom stereocenters. The zero-order chi connectivity index (χ0) is 27.2. The first kappa shape index (κ1) is 24.2. The molecule has 1 N–H and O–H groups in total. The first-order valence-electron chi connectivity index (χ1n) is 13.7. The van der Waals surface area contributed by atoms with Crippen molar-refractivity contribution in [2.45, 2.75) is 45.7 Å². The Labute approximate surface area is 231 Å². The normalized spacial score (nSPS) is 14.6. The van der Waals surface area contributed by atoms with Gasteiger partial charge in [-0.2, -0.15) is 5.21 Å². The van der Waals surface area contributed by atoms with Crippen LogP contribution in [0.5, 0.6) is 0 Å². The number of H-pyrrole nitrogens is 1. The summed E-state index contributed by atoms with van der Waals surface area (Å²) in [5.41, 5.74) is 9.43. The number of imidazole rings is 1. The number of hydrogen-bond donors (Lipinski definition) is 1. The number of nitrogens with zero attached hydrogens (tertiary/aromatic N) is 6. The second-order valence-corrected chi connectivity index (χ2v) is 10.5. The van der Waals surface area contributed by atoms with Crippen LogP contribution in [0.25, 0.3) is 33.5 Å². The summed E-state index contributed by atoms with van der Waals surface area (Å²) in [5, 5.41) is 14.7. The average Bonchev–Trinajstić information content (AvgIpc) is 3.73. The molecular formula is C32H29N7O. The Morgan fingerprint density at radius 2 is 1.88 bits per heavy atom. The molecule has 8 nitrogen and oxygen atoms in total. The summed E-state index contributed by atoms with van der Waals surface area (Å²) >= 11 is 0. The summed E-state index contributed by atoms with van der Waals surface area (Å²) in [6.45, 7) is 4.72. The Hall–Kier alpha value is -4.85. The monoisotopic (exact) mass is 527 g/mol. The summed E-state index contributed by atoms with van der Waals surface area (Å²) in [7, 11) is 0. The van der Waals surface area contributed by atoms with E-state index in [-0.39, 0.29) is 11.6 Å². The van der Waals surface area contributed by atoms with E-state index in [0.29, 0.717) is 17.9 Å². The molecule has 1 aliphatic carbocycles. The highest BCUT2D eigenvalue weighted by molar-refractivity contribution is 5.81. The van der Waals surface area contributed by atoms with E-state index in [0.717, 1.165) is 52.9 Å². The molecule has 3 aromatic carbocycles. The third-order valence-electron chi connectivity index (χ3n) is 7.96. The summed E-state index contributed by atoms with van der Waals surface area (Å²) in [6.07, 6.45) is 4.50. The number of hydrogen-bond acceptors (Lipinski definition) is 5. The van der Waals surface area contributed by atoms with Crippen molar-refractivity contribution in [2.75, 3.05) is 0 Å². The fourth-order valence-corrected chi connectivity index (χ4v) is 6.14. The van der Waals surface area contributed by atoms with Crippen molar-refractivity contribution in [3.63, 3.8) is 0 Å². The summed E-state index contributed by atoms with van der Waals surface area (Å²) in [6, 6.07) is 25.1. The third kappa shape index (κ3) is 4.04. The summed E-state index contributed by atoms with van der Waals surface area (Å²) in [4.78, 5) is 18.8. The van der Waals surface area contributed by atoms with Crippen LogP contribution < -0.4 is 5.56 Å². The first-order valence-corrected chi connectivity index (χ1v) is 13.7. The number of aromatic nitrogens is 7. The van der Waals surface area contributed by atoms with E-state index < -0.39 is 0 Å². The molecule has 198 valence electrons. The maximum absolute atomic E-state index is 13.9. The molecule has 0 bridgehead atoms. The fourth-order valence-electron chi connectivity index (χ4n) is 6.14. The van der Waals surface area contributed by atoms with E-state index in [4.69, 9.17) is 4.98 Å². The molecule has 0 amide bonds. The Bertz CT molecular complexity index is 1920. The number of rotatable bonds is 6. The fraction of sp³-hybridized carbons (Fsp3) is 0.219. The number of tetrazole rings is 1. The highest BCUT2D eigenvalue weighted by atomic mass is 16.1. The zero-order valence-electron chi connectivity index (χ0n) is 22.5. The predicted molar refractivity (Wildman–Crippen MR) is 155 cm³/mol. The van der Waals surface area contributed by atoms with Gasteiger partial charge in [0.2, 0.25) is 5.82 Å². The Morgan fingerprint density at radius 3 is 2.67 bits per heavy atom. The average molecular weight is 528 g/mol. The van der Waals surface area contributed by atoms with Crippen molar-refractivity contribution in [2.24, 2.45) is 0 Å². The van der Waals surface area contributed by atoms with Gasteiger partial charge in [-0.1, -0.05) is 79.2 Å². The molecule has 0 radical (unpaired) electrons. The molecule has 3 heterocycles. The Balaban J connectivity index is 1.30. The van der Waals surface area contributed by atoms with Crippen molar-refractivity contribution < 1.29 is 0 Å². The van der Waals surface area contributed by atoms with Crippen molar-refractivity contribution in [3.05, 3.63) is 117 Å². The minimum Gasteiger partial charge on any atom is -0.316 e. The van der Waals surface area contributed by atoms with E-state index in [1.54, 1.807) is 0 Å². The van der Waals surface area contributed by atoms with Crippen LogP contribution in [0, 0.1) is 6.92 Å². The van der Waals surface area contributed by atoms with Crippen molar-refractivity contribution in [3.8, 4) is 22.5 Å². The van der Waals surface area contributed by atoms with Gasteiger partial charge in [-0.3, -0.25) is 4.79 Å². The van der Waals surface area contributed by atoms with E-state index in [9.17, 15) is 4.79 Å². The van der Waals surface area contributed by atoms with Gasteiger partial charge >= 0.3 is 0 Å². The Morgan fingerprint density at radius 1 is 1.00 bits per heavy atom. The van der Waals surface area contributed by atoms with Crippen LogP contribution in [-0.2, 0) is 19.4 Å². The molecule has 0 saturated heterocycles. The van der Waals surface area contributed by atoms with Gasteiger partial charge in [-0.15, -0.1) is 10.2 Å². The molecule has 1 atom stereocenters. The van der Waals surface area contributed by atoms with Crippen LogP contribution in [0.4, 0.5) is 0 Å². The molecule has 0 saturated carbocycles. The highest BCUT2D eigenvalue weighted by Gasteiger charge is 2.29. The third-order valence-corrected chi connectivity index (χ3v) is 7.96. The van der Waals surface area contributed by atoms with E-state index >= 15 is 0 Å². The van der Waals surface area contributed by atoms with Crippen LogP contribution in [0.1, 0.15) is 47.5 Å². The summed E-state index contributed by atoms with van der Waals surface area (Å²) < 4.78 is 4.02.